The molecule has 0 fully saturated rings. The van der Waals surface area contributed by atoms with Crippen molar-refractivity contribution in [1.29, 1.82) is 0 Å². The van der Waals surface area contributed by atoms with Gasteiger partial charge in [0.15, 0.2) is 5.16 Å². The van der Waals surface area contributed by atoms with Crippen LogP contribution in [-0.4, -0.2) is 27.1 Å². The van der Waals surface area contributed by atoms with Gasteiger partial charge < -0.3 is 15.0 Å². The smallest absolute Gasteiger partial charge is 0.190 e. The van der Waals surface area contributed by atoms with E-state index in [0.717, 1.165) is 16.7 Å². The zero-order chi connectivity index (χ0) is 12.1. The maximum atomic E-state index is 5.65. The molecular weight excluding hydrogens is 236 g/mol. The lowest BCUT2D eigenvalue weighted by atomic mass is 10.3. The van der Waals surface area contributed by atoms with E-state index < -0.39 is 0 Å². The van der Waals surface area contributed by atoms with Crippen molar-refractivity contribution in [2.24, 2.45) is 7.05 Å². The zero-order valence-corrected chi connectivity index (χ0v) is 10.4. The van der Waals surface area contributed by atoms with Crippen LogP contribution >= 0.6 is 11.8 Å². The summed E-state index contributed by atoms with van der Waals surface area (Å²) in [4.78, 5) is 0. The van der Waals surface area contributed by atoms with E-state index in [1.807, 2.05) is 35.9 Å². The molecule has 0 unspecified atom stereocenters. The summed E-state index contributed by atoms with van der Waals surface area (Å²) >= 11 is 1.61. The minimum Gasteiger partial charge on any atom is -0.493 e. The van der Waals surface area contributed by atoms with Gasteiger partial charge in [0, 0.05) is 24.6 Å². The van der Waals surface area contributed by atoms with Crippen LogP contribution in [0.4, 0.5) is 5.69 Å². The summed E-state index contributed by atoms with van der Waals surface area (Å²) in [5, 5.41) is 8.67. The van der Waals surface area contributed by atoms with Gasteiger partial charge in [-0.1, -0.05) is 17.8 Å². The number of hydrogen-bond acceptors (Lipinski definition) is 5. The number of aryl methyl sites for hydroxylation is 1. The van der Waals surface area contributed by atoms with Crippen LogP contribution in [0.15, 0.2) is 35.7 Å². The van der Waals surface area contributed by atoms with Crippen molar-refractivity contribution in [3.8, 4) is 5.75 Å². The van der Waals surface area contributed by atoms with Gasteiger partial charge in [0.05, 0.1) is 6.61 Å². The Kier molecular flexibility index (Phi) is 3.87. The van der Waals surface area contributed by atoms with E-state index in [1.165, 1.54) is 0 Å². The first-order chi connectivity index (χ1) is 8.25. The molecule has 17 heavy (non-hydrogen) atoms. The van der Waals surface area contributed by atoms with Crippen LogP contribution in [0.1, 0.15) is 0 Å². The van der Waals surface area contributed by atoms with Crippen molar-refractivity contribution in [2.45, 2.75) is 5.16 Å². The maximum absolute atomic E-state index is 5.65. The maximum Gasteiger partial charge on any atom is 0.190 e. The predicted molar refractivity (Wildman–Crippen MR) is 68.1 cm³/mol. The van der Waals surface area contributed by atoms with E-state index in [2.05, 4.69) is 10.2 Å². The number of ether oxygens (including phenoxy) is 1. The number of rotatable bonds is 5. The molecule has 2 rings (SSSR count). The monoisotopic (exact) mass is 250 g/mol. The van der Waals surface area contributed by atoms with Crippen LogP contribution in [0.3, 0.4) is 0 Å². The Bertz CT molecular complexity index is 486. The Morgan fingerprint density at radius 2 is 2.35 bits per heavy atom. The molecule has 0 bridgehead atoms. The summed E-state index contributed by atoms with van der Waals surface area (Å²) in [5.74, 6) is 1.62. The molecule has 2 aromatic rings. The molecular formula is C11H14N4OS. The normalized spacial score (nSPS) is 10.4. The van der Waals surface area contributed by atoms with Crippen molar-refractivity contribution in [2.75, 3.05) is 18.1 Å². The van der Waals surface area contributed by atoms with Gasteiger partial charge in [-0.15, -0.1) is 10.2 Å². The third-order valence-electron chi connectivity index (χ3n) is 2.11. The molecule has 0 amide bonds. The summed E-state index contributed by atoms with van der Waals surface area (Å²) in [6.45, 7) is 0.612. The lowest BCUT2D eigenvalue weighted by molar-refractivity contribution is 0.344. The average molecular weight is 250 g/mol. The van der Waals surface area contributed by atoms with Crippen LogP contribution in [0.2, 0.25) is 0 Å². The Balaban J connectivity index is 1.75. The molecule has 1 aromatic heterocycles. The van der Waals surface area contributed by atoms with Crippen molar-refractivity contribution in [1.82, 2.24) is 14.8 Å². The van der Waals surface area contributed by atoms with Gasteiger partial charge in [-0.05, 0) is 12.1 Å². The van der Waals surface area contributed by atoms with Crippen LogP contribution in [0, 0.1) is 0 Å². The van der Waals surface area contributed by atoms with Crippen LogP contribution in [0.25, 0.3) is 0 Å². The third-order valence-corrected chi connectivity index (χ3v) is 3.11. The van der Waals surface area contributed by atoms with Gasteiger partial charge >= 0.3 is 0 Å². The molecule has 5 nitrogen and oxygen atoms in total. The number of nitrogens with two attached hydrogens (primary N) is 1. The highest BCUT2D eigenvalue weighted by Crippen LogP contribution is 2.16. The minimum absolute atomic E-state index is 0.612. The van der Waals surface area contributed by atoms with Crippen molar-refractivity contribution >= 4 is 17.4 Å². The summed E-state index contributed by atoms with van der Waals surface area (Å²) in [5.41, 5.74) is 6.36. The molecule has 6 heteroatoms. The summed E-state index contributed by atoms with van der Waals surface area (Å²) in [6, 6.07) is 7.41. The van der Waals surface area contributed by atoms with E-state index in [1.54, 1.807) is 18.1 Å². The van der Waals surface area contributed by atoms with Crippen LogP contribution in [0.5, 0.6) is 5.75 Å². The number of hydrogen-bond donors (Lipinski definition) is 1. The third kappa shape index (κ3) is 3.39. The lowest BCUT2D eigenvalue weighted by Crippen LogP contribution is -2.01. The zero-order valence-electron chi connectivity index (χ0n) is 9.54. The topological polar surface area (TPSA) is 66.0 Å². The second kappa shape index (κ2) is 5.58. The Morgan fingerprint density at radius 3 is 3.06 bits per heavy atom. The van der Waals surface area contributed by atoms with Crippen molar-refractivity contribution < 1.29 is 4.74 Å². The average Bonchev–Trinajstić information content (AvgIpc) is 2.71. The van der Waals surface area contributed by atoms with Gasteiger partial charge in [0.2, 0.25) is 0 Å². The highest BCUT2D eigenvalue weighted by molar-refractivity contribution is 7.99. The minimum atomic E-state index is 0.612. The molecule has 2 N–H and O–H groups in total. The second-order valence-corrected chi connectivity index (χ2v) is 4.56. The number of nitrogens with zero attached hydrogens (tertiary/aromatic N) is 3. The number of benzene rings is 1. The SMILES string of the molecule is Cn1cnnc1SCCOc1cccc(N)c1. The molecule has 0 radical (unpaired) electrons. The Morgan fingerprint density at radius 1 is 1.47 bits per heavy atom. The van der Waals surface area contributed by atoms with Crippen LogP contribution < -0.4 is 10.5 Å². The number of aromatic nitrogens is 3. The van der Waals surface area contributed by atoms with Crippen molar-refractivity contribution in [3.05, 3.63) is 30.6 Å². The fourth-order valence-electron chi connectivity index (χ4n) is 1.30. The molecule has 1 heterocycles. The number of nitrogen functional groups attached to an aromatic ring is 1. The molecule has 0 aliphatic carbocycles. The Labute approximate surface area is 104 Å². The molecule has 90 valence electrons. The summed E-state index contributed by atoms with van der Waals surface area (Å²) in [6.07, 6.45) is 1.68. The first kappa shape index (κ1) is 11.8. The lowest BCUT2D eigenvalue weighted by Gasteiger charge is -2.06. The van der Waals surface area contributed by atoms with Gasteiger partial charge in [-0.25, -0.2) is 0 Å². The highest BCUT2D eigenvalue weighted by atomic mass is 32.2. The quantitative estimate of drug-likeness (QED) is 0.495. The van der Waals surface area contributed by atoms with Gasteiger partial charge in [-0.2, -0.15) is 0 Å². The number of anilines is 1. The van der Waals surface area contributed by atoms with Gasteiger partial charge in [0.25, 0.3) is 0 Å². The largest absolute Gasteiger partial charge is 0.493 e. The van der Waals surface area contributed by atoms with E-state index in [4.69, 9.17) is 10.5 Å². The Hall–Kier alpha value is -1.69. The molecule has 0 aliphatic heterocycles. The standard InChI is InChI=1S/C11H14N4OS/c1-15-8-13-14-11(15)17-6-5-16-10-4-2-3-9(12)7-10/h2-4,7-8H,5-6,12H2,1H3. The summed E-state index contributed by atoms with van der Waals surface area (Å²) in [7, 11) is 1.92. The number of thioether (sulfide) groups is 1. The van der Waals surface area contributed by atoms with E-state index in [-0.39, 0.29) is 0 Å². The molecule has 0 aliphatic rings. The molecule has 0 saturated carbocycles. The van der Waals surface area contributed by atoms with E-state index in [0.29, 0.717) is 12.3 Å². The summed E-state index contributed by atoms with van der Waals surface area (Å²) < 4.78 is 7.45. The molecule has 0 spiro atoms. The van der Waals surface area contributed by atoms with Gasteiger partial charge in [0.1, 0.15) is 12.1 Å². The van der Waals surface area contributed by atoms with Crippen molar-refractivity contribution in [3.63, 3.8) is 0 Å². The van der Waals surface area contributed by atoms with Crippen LogP contribution in [-0.2, 0) is 7.05 Å². The molecule has 0 atom stereocenters. The highest BCUT2D eigenvalue weighted by Gasteiger charge is 2.01. The first-order valence-electron chi connectivity index (χ1n) is 5.21. The second-order valence-electron chi connectivity index (χ2n) is 3.49. The first-order valence-corrected chi connectivity index (χ1v) is 6.19. The molecule has 0 saturated heterocycles. The van der Waals surface area contributed by atoms with E-state index >= 15 is 0 Å². The van der Waals surface area contributed by atoms with Gasteiger partial charge in [-0.3, -0.25) is 0 Å². The van der Waals surface area contributed by atoms with E-state index in [9.17, 15) is 0 Å². The fourth-order valence-corrected chi connectivity index (χ4v) is 2.00. The molecule has 1 aromatic carbocycles. The fraction of sp³-hybridized carbons (Fsp3) is 0.273. The predicted octanol–water partition coefficient (Wildman–Crippen LogP) is 1.57.